The van der Waals surface area contributed by atoms with Gasteiger partial charge in [-0.1, -0.05) is 35.5 Å². The molecule has 0 aliphatic carbocycles. The average molecular weight is 193 g/mol. The molecule has 0 aliphatic rings. The van der Waals surface area contributed by atoms with Gasteiger partial charge >= 0.3 is 0 Å². The summed E-state index contributed by atoms with van der Waals surface area (Å²) in [6.45, 7) is 4.05. The molecule has 0 amide bonds. The van der Waals surface area contributed by atoms with Crippen molar-refractivity contribution >= 4 is 5.71 Å². The van der Waals surface area contributed by atoms with Crippen LogP contribution in [0.1, 0.15) is 19.4 Å². The molecule has 0 atom stereocenters. The highest BCUT2D eigenvalue weighted by Crippen LogP contribution is 2.09. The predicted octanol–water partition coefficient (Wildman–Crippen LogP) is 0.837. The van der Waals surface area contributed by atoms with E-state index in [0.29, 0.717) is 5.71 Å². The Labute approximate surface area is 84.4 Å². The fraction of sp³-hybridized carbons (Fsp3) is 0.364. The maximum Gasteiger partial charge on any atom is 0.146 e. The summed E-state index contributed by atoms with van der Waals surface area (Å²) >= 11 is 0. The third-order valence-electron chi connectivity index (χ3n) is 2.48. The first-order chi connectivity index (χ1) is 6.61. The fourth-order valence-electron chi connectivity index (χ4n) is 1.29. The SMILES string of the molecule is C[NH2+]C(C)(C)/C(=N\O)c1ccccc1. The Morgan fingerprint density at radius 2 is 1.86 bits per heavy atom. The summed E-state index contributed by atoms with van der Waals surface area (Å²) in [5, 5.41) is 14.4. The first-order valence-corrected chi connectivity index (χ1v) is 4.70. The Morgan fingerprint density at radius 3 is 2.29 bits per heavy atom. The quantitative estimate of drug-likeness (QED) is 0.417. The molecular weight excluding hydrogens is 176 g/mol. The molecule has 0 spiro atoms. The highest BCUT2D eigenvalue weighted by molar-refractivity contribution is 6.05. The maximum absolute atomic E-state index is 9.01. The van der Waals surface area contributed by atoms with Crippen molar-refractivity contribution in [2.45, 2.75) is 19.4 Å². The fourth-order valence-corrected chi connectivity index (χ4v) is 1.29. The van der Waals surface area contributed by atoms with Crippen molar-refractivity contribution in [2.24, 2.45) is 5.16 Å². The van der Waals surface area contributed by atoms with Crippen molar-refractivity contribution in [1.29, 1.82) is 0 Å². The molecule has 14 heavy (non-hydrogen) atoms. The lowest BCUT2D eigenvalue weighted by Gasteiger charge is -2.21. The molecule has 0 fully saturated rings. The Bertz CT molecular complexity index is 317. The Hall–Kier alpha value is -1.35. The van der Waals surface area contributed by atoms with Crippen molar-refractivity contribution in [3.05, 3.63) is 35.9 Å². The number of benzene rings is 1. The van der Waals surface area contributed by atoms with E-state index in [-0.39, 0.29) is 5.54 Å². The molecule has 1 aromatic rings. The smallest absolute Gasteiger partial charge is 0.146 e. The summed E-state index contributed by atoms with van der Waals surface area (Å²) in [5.74, 6) is 0. The molecule has 0 saturated carbocycles. The Balaban J connectivity index is 3.07. The second kappa shape index (κ2) is 4.24. The lowest BCUT2D eigenvalue weighted by Crippen LogP contribution is -2.94. The molecule has 0 aliphatic heterocycles. The molecule has 0 aromatic heterocycles. The topological polar surface area (TPSA) is 49.2 Å². The van der Waals surface area contributed by atoms with E-state index in [2.05, 4.69) is 5.16 Å². The summed E-state index contributed by atoms with van der Waals surface area (Å²) < 4.78 is 0. The number of rotatable bonds is 3. The standard InChI is InChI=1S/C11H16N2O/c1-11(2,12-3)10(13-14)9-7-5-4-6-8-9/h4-8,12,14H,1-3H3/p+1/b13-10-. The minimum atomic E-state index is -0.212. The third kappa shape index (κ3) is 2.12. The molecule has 3 N–H and O–H groups in total. The number of quaternary nitrogens is 1. The van der Waals surface area contributed by atoms with Crippen LogP contribution in [0.4, 0.5) is 0 Å². The van der Waals surface area contributed by atoms with Crippen LogP contribution < -0.4 is 5.32 Å². The van der Waals surface area contributed by atoms with Crippen molar-refractivity contribution < 1.29 is 10.5 Å². The number of hydrogen-bond donors (Lipinski definition) is 2. The van der Waals surface area contributed by atoms with E-state index in [4.69, 9.17) is 5.21 Å². The molecule has 0 bridgehead atoms. The van der Waals surface area contributed by atoms with Gasteiger partial charge in [-0.3, -0.25) is 0 Å². The summed E-state index contributed by atoms with van der Waals surface area (Å²) in [5.41, 5.74) is 1.44. The van der Waals surface area contributed by atoms with Gasteiger partial charge in [-0.05, 0) is 13.8 Å². The highest BCUT2D eigenvalue weighted by Gasteiger charge is 2.28. The van der Waals surface area contributed by atoms with Crippen LogP contribution in [0.25, 0.3) is 0 Å². The zero-order valence-electron chi connectivity index (χ0n) is 8.86. The first-order valence-electron chi connectivity index (χ1n) is 4.70. The molecule has 3 nitrogen and oxygen atoms in total. The van der Waals surface area contributed by atoms with E-state index >= 15 is 0 Å². The molecule has 3 heteroatoms. The maximum atomic E-state index is 9.01. The summed E-state index contributed by atoms with van der Waals surface area (Å²) in [4.78, 5) is 0. The summed E-state index contributed by atoms with van der Waals surface area (Å²) in [7, 11) is 1.97. The van der Waals surface area contributed by atoms with Crippen LogP contribution in [-0.2, 0) is 0 Å². The molecule has 1 aromatic carbocycles. The van der Waals surface area contributed by atoms with Crippen molar-refractivity contribution in [2.75, 3.05) is 7.05 Å². The largest absolute Gasteiger partial charge is 0.410 e. The number of hydrogen-bond acceptors (Lipinski definition) is 2. The van der Waals surface area contributed by atoms with Crippen LogP contribution in [0.5, 0.6) is 0 Å². The van der Waals surface area contributed by atoms with E-state index in [1.54, 1.807) is 0 Å². The van der Waals surface area contributed by atoms with Gasteiger partial charge in [-0.25, -0.2) is 0 Å². The van der Waals surface area contributed by atoms with E-state index in [1.807, 2.05) is 56.5 Å². The van der Waals surface area contributed by atoms with Gasteiger partial charge in [-0.15, -0.1) is 0 Å². The van der Waals surface area contributed by atoms with Crippen LogP contribution in [-0.4, -0.2) is 23.5 Å². The molecule has 1 rings (SSSR count). The van der Waals surface area contributed by atoms with Crippen LogP contribution in [0.2, 0.25) is 0 Å². The number of oxime groups is 1. The van der Waals surface area contributed by atoms with Crippen molar-refractivity contribution in [1.82, 2.24) is 0 Å². The van der Waals surface area contributed by atoms with Gasteiger partial charge in [0.25, 0.3) is 0 Å². The zero-order chi connectivity index (χ0) is 10.6. The molecule has 76 valence electrons. The first kappa shape index (κ1) is 10.7. The Morgan fingerprint density at radius 1 is 1.29 bits per heavy atom. The second-order valence-corrected chi connectivity index (χ2v) is 3.82. The Kier molecular flexibility index (Phi) is 3.25. The van der Waals surface area contributed by atoms with Crippen molar-refractivity contribution in [3.8, 4) is 0 Å². The van der Waals surface area contributed by atoms with E-state index < -0.39 is 0 Å². The van der Waals surface area contributed by atoms with Crippen LogP contribution in [0, 0.1) is 0 Å². The van der Waals surface area contributed by atoms with Gasteiger partial charge < -0.3 is 10.5 Å². The minimum Gasteiger partial charge on any atom is -0.410 e. The molecular formula is C11H17N2O+. The molecule has 0 saturated heterocycles. The number of nitrogens with two attached hydrogens (primary N) is 1. The zero-order valence-corrected chi connectivity index (χ0v) is 8.86. The molecule has 0 heterocycles. The van der Waals surface area contributed by atoms with Gasteiger partial charge in [0.1, 0.15) is 11.3 Å². The van der Waals surface area contributed by atoms with Crippen LogP contribution >= 0.6 is 0 Å². The number of nitrogens with zero attached hydrogens (tertiary/aromatic N) is 1. The van der Waals surface area contributed by atoms with Gasteiger partial charge in [0, 0.05) is 5.56 Å². The lowest BCUT2D eigenvalue weighted by molar-refractivity contribution is -0.677. The summed E-state index contributed by atoms with van der Waals surface area (Å²) in [6, 6.07) is 9.71. The van der Waals surface area contributed by atoms with Gasteiger partial charge in [0.15, 0.2) is 0 Å². The van der Waals surface area contributed by atoms with Crippen LogP contribution in [0.15, 0.2) is 35.5 Å². The third-order valence-corrected chi connectivity index (χ3v) is 2.48. The van der Waals surface area contributed by atoms with Gasteiger partial charge in [-0.2, -0.15) is 0 Å². The predicted molar refractivity (Wildman–Crippen MR) is 56.7 cm³/mol. The van der Waals surface area contributed by atoms with Gasteiger partial charge in [0.2, 0.25) is 0 Å². The van der Waals surface area contributed by atoms with Gasteiger partial charge in [0.05, 0.1) is 7.05 Å². The van der Waals surface area contributed by atoms with Crippen LogP contribution in [0.3, 0.4) is 0 Å². The lowest BCUT2D eigenvalue weighted by atomic mass is 9.92. The van der Waals surface area contributed by atoms with E-state index in [0.717, 1.165) is 5.56 Å². The summed E-state index contributed by atoms with van der Waals surface area (Å²) in [6.07, 6.45) is 0. The minimum absolute atomic E-state index is 0.212. The second-order valence-electron chi connectivity index (χ2n) is 3.82. The average Bonchev–Trinajstić information content (AvgIpc) is 2.20. The molecule has 0 unspecified atom stereocenters. The van der Waals surface area contributed by atoms with Crippen molar-refractivity contribution in [3.63, 3.8) is 0 Å². The monoisotopic (exact) mass is 193 g/mol. The number of likely N-dealkylation sites (N-methyl/N-ethyl adjacent to an activating group) is 1. The van der Waals surface area contributed by atoms with E-state index in [1.165, 1.54) is 0 Å². The highest BCUT2D eigenvalue weighted by atomic mass is 16.4. The molecule has 0 radical (unpaired) electrons. The van der Waals surface area contributed by atoms with E-state index in [9.17, 15) is 0 Å². The normalized spacial score (nSPS) is 12.9.